The molecule has 4 N–H and O–H groups in total. The number of aliphatic hydroxyl groups excluding tert-OH is 3. The van der Waals surface area contributed by atoms with Gasteiger partial charge < -0.3 is 35.0 Å². The summed E-state index contributed by atoms with van der Waals surface area (Å²) in [6, 6.07) is 5.94. The molecule has 1 fully saturated rings. The van der Waals surface area contributed by atoms with Crippen LogP contribution in [0.4, 0.5) is 13.2 Å². The zero-order valence-electron chi connectivity index (χ0n) is 23.4. The minimum absolute atomic E-state index is 0.0138. The molecule has 2 amide bonds. The minimum atomic E-state index is -4.56. The monoisotopic (exact) mass is 718 g/mol. The van der Waals surface area contributed by atoms with Crippen molar-refractivity contribution >= 4 is 34.4 Å². The lowest BCUT2D eigenvalue weighted by atomic mass is 9.86. The number of hydrogen-bond donors (Lipinski definition) is 4. The van der Waals surface area contributed by atoms with Crippen molar-refractivity contribution in [1.82, 2.24) is 10.2 Å². The average Bonchev–Trinajstić information content (AvgIpc) is 3.52. The van der Waals surface area contributed by atoms with Gasteiger partial charge in [0.15, 0.2) is 11.5 Å². The molecule has 3 unspecified atom stereocenters. The molecule has 2 aromatic rings. The Morgan fingerprint density at radius 1 is 1.12 bits per heavy atom. The van der Waals surface area contributed by atoms with Gasteiger partial charge in [-0.2, -0.15) is 13.2 Å². The maximum Gasteiger partial charge on any atom is 0.416 e. The van der Waals surface area contributed by atoms with Gasteiger partial charge in [-0.3, -0.25) is 9.59 Å². The quantitative estimate of drug-likeness (QED) is 0.275. The average molecular weight is 719 g/mol. The third kappa shape index (κ3) is 7.62. The number of halogens is 4. The number of benzene rings is 2. The van der Waals surface area contributed by atoms with Crippen LogP contribution in [0, 0.1) is 3.57 Å². The van der Waals surface area contributed by atoms with Crippen LogP contribution in [0.15, 0.2) is 48.0 Å². The molecule has 0 aromatic heterocycles. The first-order valence-electron chi connectivity index (χ1n) is 13.9. The Bertz CT molecular complexity index is 1330. The Morgan fingerprint density at radius 2 is 1.79 bits per heavy atom. The molecule has 0 spiro atoms. The summed E-state index contributed by atoms with van der Waals surface area (Å²) in [4.78, 5) is 28.6. The van der Waals surface area contributed by atoms with Crippen molar-refractivity contribution in [2.24, 2.45) is 0 Å². The van der Waals surface area contributed by atoms with Crippen LogP contribution in [0.3, 0.4) is 0 Å². The molecule has 13 heteroatoms. The second kappa shape index (κ2) is 14.3. The van der Waals surface area contributed by atoms with E-state index in [9.17, 15) is 38.1 Å². The van der Waals surface area contributed by atoms with Crippen LogP contribution >= 0.6 is 22.6 Å². The first-order chi connectivity index (χ1) is 20.5. The van der Waals surface area contributed by atoms with Crippen molar-refractivity contribution in [3.63, 3.8) is 0 Å². The molecular weight excluding hydrogens is 684 g/mol. The summed E-state index contributed by atoms with van der Waals surface area (Å²) in [5, 5.41) is 33.2. The molecule has 3 atom stereocenters. The second-order valence-corrected chi connectivity index (χ2v) is 11.7. The van der Waals surface area contributed by atoms with Crippen molar-refractivity contribution in [3.8, 4) is 11.5 Å². The number of carbonyl (C=O) groups is 2. The Labute approximate surface area is 260 Å². The fourth-order valence-electron chi connectivity index (χ4n) is 5.58. The van der Waals surface area contributed by atoms with Gasteiger partial charge in [0.2, 0.25) is 5.91 Å². The third-order valence-corrected chi connectivity index (χ3v) is 8.51. The van der Waals surface area contributed by atoms with Gasteiger partial charge in [0, 0.05) is 30.1 Å². The molecule has 234 valence electrons. The van der Waals surface area contributed by atoms with Gasteiger partial charge in [-0.25, -0.2) is 0 Å². The van der Waals surface area contributed by atoms with Crippen LogP contribution in [0.1, 0.15) is 53.6 Å². The van der Waals surface area contributed by atoms with Gasteiger partial charge in [0.25, 0.3) is 5.91 Å². The minimum Gasteiger partial charge on any atom is -0.493 e. The molecule has 0 aliphatic heterocycles. The van der Waals surface area contributed by atoms with Crippen molar-refractivity contribution in [2.75, 3.05) is 20.3 Å². The predicted molar refractivity (Wildman–Crippen MR) is 159 cm³/mol. The summed E-state index contributed by atoms with van der Waals surface area (Å²) in [6.45, 7) is -0.545. The van der Waals surface area contributed by atoms with Crippen molar-refractivity contribution in [1.29, 1.82) is 0 Å². The zero-order chi connectivity index (χ0) is 31.3. The number of carbonyl (C=O) groups excluding carboxylic acids is 2. The highest BCUT2D eigenvalue weighted by Gasteiger charge is 2.44. The largest absolute Gasteiger partial charge is 0.493 e. The van der Waals surface area contributed by atoms with Gasteiger partial charge in [0.05, 0.1) is 35.5 Å². The maximum absolute atomic E-state index is 14.0. The Hall–Kier alpha value is -2.88. The number of nitrogens with zero attached hydrogens (tertiary/aromatic N) is 1. The topological polar surface area (TPSA) is 129 Å². The van der Waals surface area contributed by atoms with Crippen LogP contribution in [0.5, 0.6) is 11.5 Å². The van der Waals surface area contributed by atoms with E-state index in [1.165, 1.54) is 18.1 Å². The van der Waals surface area contributed by atoms with E-state index in [4.69, 9.17) is 9.47 Å². The van der Waals surface area contributed by atoms with Crippen LogP contribution in [-0.2, 0) is 17.6 Å². The Kier molecular flexibility index (Phi) is 11.0. The molecular formula is C30H34F3IN2O7. The highest BCUT2D eigenvalue weighted by Crippen LogP contribution is 2.39. The van der Waals surface area contributed by atoms with Crippen molar-refractivity contribution in [3.05, 3.63) is 68.3 Å². The number of methoxy groups -OCH3 is 1. The molecule has 4 rings (SSSR count). The molecule has 43 heavy (non-hydrogen) atoms. The van der Waals surface area contributed by atoms with E-state index in [0.717, 1.165) is 37.1 Å². The van der Waals surface area contributed by atoms with Gasteiger partial charge >= 0.3 is 6.18 Å². The van der Waals surface area contributed by atoms with Gasteiger partial charge in [-0.1, -0.05) is 12.8 Å². The smallest absolute Gasteiger partial charge is 0.416 e. The van der Waals surface area contributed by atoms with Gasteiger partial charge in [0.1, 0.15) is 12.2 Å². The van der Waals surface area contributed by atoms with E-state index in [1.807, 2.05) is 22.6 Å². The Morgan fingerprint density at radius 3 is 2.37 bits per heavy atom. The van der Waals surface area contributed by atoms with E-state index < -0.39 is 41.8 Å². The van der Waals surface area contributed by atoms with E-state index >= 15 is 0 Å². The standard InChI is InChI=1S/C30H34F3IN2O7/c1-42-25-13-17(16-38)12-22(34)27(25)43-24-15-19(28(40)35-10-11-37)14-23(26(24)39)36(21-4-2-3-5-21)29(41)18-6-8-20(9-7-18)30(31,32)33/h6-9,12-13,15,21,23-24,26,37-39H,2-5,10-11,14,16H2,1H3,(H,35,40). The van der Waals surface area contributed by atoms with Crippen LogP contribution in [0.25, 0.3) is 0 Å². The SMILES string of the molecule is COc1cc(CO)cc(I)c1OC1C=C(C(=O)NCCO)CC(N(C(=O)c2ccc(C(F)(F)F)cc2)C2CCCC2)C1O. The molecule has 0 saturated heterocycles. The number of ether oxygens (including phenoxy) is 2. The molecule has 0 radical (unpaired) electrons. The molecule has 2 aromatic carbocycles. The van der Waals surface area contributed by atoms with Crippen molar-refractivity contribution in [2.45, 2.75) is 69.2 Å². The number of aliphatic hydroxyl groups is 3. The summed E-state index contributed by atoms with van der Waals surface area (Å²) in [6.07, 6.45) is -2.67. The first kappa shape index (κ1) is 33.0. The van der Waals surface area contributed by atoms with Crippen LogP contribution < -0.4 is 14.8 Å². The normalized spacial score (nSPS) is 20.8. The molecule has 0 heterocycles. The maximum atomic E-state index is 14.0. The molecule has 9 nitrogen and oxygen atoms in total. The predicted octanol–water partition coefficient (Wildman–Crippen LogP) is 3.81. The van der Waals surface area contributed by atoms with Gasteiger partial charge in [-0.05, 0) is 83.5 Å². The number of amides is 2. The van der Waals surface area contributed by atoms with E-state index in [1.54, 1.807) is 12.1 Å². The van der Waals surface area contributed by atoms with E-state index in [2.05, 4.69) is 5.32 Å². The Balaban J connectivity index is 1.74. The van der Waals surface area contributed by atoms with Gasteiger partial charge in [-0.15, -0.1) is 0 Å². The zero-order valence-corrected chi connectivity index (χ0v) is 25.6. The lowest BCUT2D eigenvalue weighted by molar-refractivity contribution is -0.137. The fraction of sp³-hybridized carbons (Fsp3) is 0.467. The highest BCUT2D eigenvalue weighted by molar-refractivity contribution is 14.1. The molecule has 1 saturated carbocycles. The lowest BCUT2D eigenvalue weighted by Gasteiger charge is -2.43. The second-order valence-electron chi connectivity index (χ2n) is 10.5. The number of hydrogen-bond acceptors (Lipinski definition) is 7. The first-order valence-corrected chi connectivity index (χ1v) is 15.0. The summed E-state index contributed by atoms with van der Waals surface area (Å²) in [5.74, 6) is -0.513. The fourth-order valence-corrected chi connectivity index (χ4v) is 6.38. The molecule has 2 aliphatic rings. The number of nitrogens with one attached hydrogen (secondary N) is 1. The van der Waals surface area contributed by atoms with Crippen molar-refractivity contribution < 1.29 is 47.6 Å². The van der Waals surface area contributed by atoms with E-state index in [-0.39, 0.29) is 49.1 Å². The van der Waals surface area contributed by atoms with Crippen LogP contribution in [-0.4, -0.2) is 76.6 Å². The lowest BCUT2D eigenvalue weighted by Crippen LogP contribution is -2.57. The summed E-state index contributed by atoms with van der Waals surface area (Å²) in [7, 11) is 1.42. The summed E-state index contributed by atoms with van der Waals surface area (Å²) in [5.41, 5.74) is -0.0619. The summed E-state index contributed by atoms with van der Waals surface area (Å²) >= 11 is 2.00. The highest BCUT2D eigenvalue weighted by atomic mass is 127. The summed E-state index contributed by atoms with van der Waals surface area (Å²) < 4.78 is 51.9. The van der Waals surface area contributed by atoms with E-state index in [0.29, 0.717) is 27.7 Å². The number of rotatable bonds is 10. The molecule has 0 bridgehead atoms. The number of alkyl halides is 3. The van der Waals surface area contributed by atoms with Crippen LogP contribution in [0.2, 0.25) is 0 Å². The third-order valence-electron chi connectivity index (χ3n) is 7.71. The molecule has 2 aliphatic carbocycles.